The van der Waals surface area contributed by atoms with Crippen LogP contribution in [-0.2, 0) is 11.2 Å². The van der Waals surface area contributed by atoms with E-state index in [1.165, 1.54) is 23.9 Å². The van der Waals surface area contributed by atoms with Gasteiger partial charge in [-0.05, 0) is 49.6 Å². The number of carbonyl (C=O) groups excluding carboxylic acids is 1. The van der Waals surface area contributed by atoms with E-state index in [4.69, 9.17) is 5.73 Å². The van der Waals surface area contributed by atoms with Crippen LogP contribution in [0, 0.1) is 10.1 Å². The van der Waals surface area contributed by atoms with Crippen LogP contribution in [0.3, 0.4) is 0 Å². The molecule has 3 rings (SSSR count). The first-order chi connectivity index (χ1) is 12.0. The van der Waals surface area contributed by atoms with E-state index in [0.29, 0.717) is 6.54 Å². The van der Waals surface area contributed by atoms with E-state index in [0.717, 1.165) is 34.7 Å². The molecule has 138 valence electrons. The highest BCUT2D eigenvalue weighted by molar-refractivity contribution is 8.00. The van der Waals surface area contributed by atoms with Gasteiger partial charge in [0.1, 0.15) is 0 Å². The number of carbonyl (C=O) groups is 1. The smallest absolute Gasteiger partial charge is 0.269 e. The fourth-order valence-electron chi connectivity index (χ4n) is 3.00. The highest BCUT2D eigenvalue weighted by atomic mass is 35.5. The lowest BCUT2D eigenvalue weighted by molar-refractivity contribution is -0.384. The third-order valence-corrected chi connectivity index (χ3v) is 5.36. The van der Waals surface area contributed by atoms with Crippen molar-refractivity contribution >= 4 is 47.1 Å². The molecule has 0 saturated carbocycles. The number of benzene rings is 2. The molecule has 1 atom stereocenters. The summed E-state index contributed by atoms with van der Waals surface area (Å²) < 4.78 is 0. The van der Waals surface area contributed by atoms with E-state index in [9.17, 15) is 14.9 Å². The van der Waals surface area contributed by atoms with Crippen LogP contribution < -0.4 is 10.6 Å². The predicted molar refractivity (Wildman–Crippen MR) is 107 cm³/mol. The van der Waals surface area contributed by atoms with Crippen molar-refractivity contribution < 1.29 is 9.72 Å². The maximum absolute atomic E-state index is 12.9. The van der Waals surface area contributed by atoms with Crippen LogP contribution in [0.15, 0.2) is 47.4 Å². The zero-order chi connectivity index (χ0) is 18.0. The molecule has 0 radical (unpaired) electrons. The van der Waals surface area contributed by atoms with E-state index in [2.05, 4.69) is 0 Å². The molecule has 1 heterocycles. The molecule has 0 saturated heterocycles. The molecule has 1 aliphatic heterocycles. The number of rotatable bonds is 4. The van der Waals surface area contributed by atoms with E-state index in [1.807, 2.05) is 25.1 Å². The molecule has 1 unspecified atom stereocenters. The number of fused-ring (bicyclic) bond motifs is 1. The van der Waals surface area contributed by atoms with Crippen molar-refractivity contribution in [3.63, 3.8) is 0 Å². The zero-order valence-corrected chi connectivity index (χ0v) is 15.9. The Hall–Kier alpha value is -2.25. The van der Waals surface area contributed by atoms with Gasteiger partial charge in [-0.15, -0.1) is 24.2 Å². The van der Waals surface area contributed by atoms with Gasteiger partial charge in [0.05, 0.1) is 10.2 Å². The SMILES string of the molecule is CC(Sc1ccc([N+](=O)[O-])cc1)C(=O)N1CCCc2c(N)cccc21.Cl. The number of non-ortho nitro benzene ring substituents is 1. The lowest BCUT2D eigenvalue weighted by atomic mass is 9.99. The van der Waals surface area contributed by atoms with E-state index in [1.54, 1.807) is 17.0 Å². The van der Waals surface area contributed by atoms with Crippen LogP contribution >= 0.6 is 24.2 Å². The number of nitro benzene ring substituents is 1. The van der Waals surface area contributed by atoms with Gasteiger partial charge in [0.25, 0.3) is 5.69 Å². The van der Waals surface area contributed by atoms with Gasteiger partial charge in [-0.25, -0.2) is 0 Å². The molecule has 0 aliphatic carbocycles. The van der Waals surface area contributed by atoms with Gasteiger partial charge in [0.2, 0.25) is 5.91 Å². The Kier molecular flexibility index (Phi) is 6.50. The van der Waals surface area contributed by atoms with Gasteiger partial charge >= 0.3 is 0 Å². The van der Waals surface area contributed by atoms with Crippen LogP contribution in [-0.4, -0.2) is 22.6 Å². The van der Waals surface area contributed by atoms with Crippen molar-refractivity contribution in [2.45, 2.75) is 29.9 Å². The first-order valence-electron chi connectivity index (χ1n) is 8.07. The number of hydrogen-bond donors (Lipinski definition) is 1. The number of hydrogen-bond acceptors (Lipinski definition) is 5. The second-order valence-electron chi connectivity index (χ2n) is 5.95. The monoisotopic (exact) mass is 393 g/mol. The summed E-state index contributed by atoms with van der Waals surface area (Å²) in [5, 5.41) is 10.4. The largest absolute Gasteiger partial charge is 0.398 e. The lowest BCUT2D eigenvalue weighted by Gasteiger charge is -2.32. The Morgan fingerprint density at radius 2 is 1.96 bits per heavy atom. The van der Waals surface area contributed by atoms with E-state index in [-0.39, 0.29) is 29.3 Å². The topological polar surface area (TPSA) is 89.5 Å². The molecule has 2 aromatic rings. The first-order valence-corrected chi connectivity index (χ1v) is 8.95. The van der Waals surface area contributed by atoms with Crippen LogP contribution in [0.2, 0.25) is 0 Å². The van der Waals surface area contributed by atoms with Crippen molar-refractivity contribution in [1.82, 2.24) is 0 Å². The zero-order valence-electron chi connectivity index (χ0n) is 14.3. The average Bonchev–Trinajstić information content (AvgIpc) is 2.61. The summed E-state index contributed by atoms with van der Waals surface area (Å²) in [6, 6.07) is 11.9. The molecule has 0 aromatic heterocycles. The lowest BCUT2D eigenvalue weighted by Crippen LogP contribution is -2.40. The van der Waals surface area contributed by atoms with Crippen molar-refractivity contribution in [3.05, 3.63) is 58.1 Å². The molecule has 0 fully saturated rings. The Bertz CT molecular complexity index is 814. The minimum Gasteiger partial charge on any atom is -0.398 e. The third kappa shape index (κ3) is 4.11. The van der Waals surface area contributed by atoms with Crippen LogP contribution in [0.5, 0.6) is 0 Å². The number of nitrogens with two attached hydrogens (primary N) is 1. The minimum absolute atomic E-state index is 0. The molecule has 2 N–H and O–H groups in total. The number of amides is 1. The summed E-state index contributed by atoms with van der Waals surface area (Å²) in [5.74, 6) is 0.0231. The molecular formula is C18H20ClN3O3S. The third-order valence-electron chi connectivity index (χ3n) is 4.26. The van der Waals surface area contributed by atoms with Gasteiger partial charge in [0.15, 0.2) is 0 Å². The summed E-state index contributed by atoms with van der Waals surface area (Å²) in [4.78, 5) is 25.8. The van der Waals surface area contributed by atoms with Crippen molar-refractivity contribution in [2.24, 2.45) is 0 Å². The van der Waals surface area contributed by atoms with Gasteiger partial charge in [-0.1, -0.05) is 6.07 Å². The van der Waals surface area contributed by atoms with Gasteiger partial charge in [0, 0.05) is 34.9 Å². The molecule has 2 aromatic carbocycles. The Morgan fingerprint density at radius 1 is 1.27 bits per heavy atom. The number of nitrogens with zero attached hydrogens (tertiary/aromatic N) is 2. The highest BCUT2D eigenvalue weighted by Crippen LogP contribution is 2.34. The number of halogens is 1. The summed E-state index contributed by atoms with van der Waals surface area (Å²) in [5.41, 5.74) is 8.75. The second-order valence-corrected chi connectivity index (χ2v) is 7.36. The standard InChI is InChI=1S/C18H19N3O3S.ClH/c1-12(25-14-9-7-13(8-10-14)21(23)24)18(22)20-11-3-4-15-16(19)5-2-6-17(15)20;/h2,5-10,12H,3-4,11,19H2,1H3;1H. The van der Waals surface area contributed by atoms with Crippen LogP contribution in [0.1, 0.15) is 18.9 Å². The molecule has 8 heteroatoms. The highest BCUT2D eigenvalue weighted by Gasteiger charge is 2.27. The molecular weight excluding hydrogens is 374 g/mol. The number of nitrogen functional groups attached to an aromatic ring is 1. The van der Waals surface area contributed by atoms with Gasteiger partial charge in [-0.2, -0.15) is 0 Å². The Morgan fingerprint density at radius 3 is 2.62 bits per heavy atom. The fourth-order valence-corrected chi connectivity index (χ4v) is 3.93. The molecule has 26 heavy (non-hydrogen) atoms. The van der Waals surface area contributed by atoms with Gasteiger partial charge in [-0.3, -0.25) is 14.9 Å². The summed E-state index contributed by atoms with van der Waals surface area (Å²) in [6.45, 7) is 2.54. The normalized spacial score (nSPS) is 14.1. The molecule has 1 amide bonds. The van der Waals surface area contributed by atoms with E-state index < -0.39 is 4.92 Å². The van der Waals surface area contributed by atoms with Gasteiger partial charge < -0.3 is 10.6 Å². The van der Waals surface area contributed by atoms with Crippen molar-refractivity contribution in [2.75, 3.05) is 17.2 Å². The van der Waals surface area contributed by atoms with Crippen LogP contribution in [0.4, 0.5) is 17.1 Å². The molecule has 6 nitrogen and oxygen atoms in total. The quantitative estimate of drug-likeness (QED) is 0.366. The molecule has 0 spiro atoms. The van der Waals surface area contributed by atoms with Crippen molar-refractivity contribution in [1.29, 1.82) is 0 Å². The molecule has 0 bridgehead atoms. The maximum atomic E-state index is 12.9. The Balaban J connectivity index is 0.00000243. The molecule has 1 aliphatic rings. The summed E-state index contributed by atoms with van der Waals surface area (Å²) >= 11 is 1.40. The second kappa shape index (κ2) is 8.42. The number of thioether (sulfide) groups is 1. The minimum atomic E-state index is -0.432. The first kappa shape index (κ1) is 20.1. The maximum Gasteiger partial charge on any atom is 0.269 e. The number of anilines is 2. The van der Waals surface area contributed by atoms with E-state index >= 15 is 0 Å². The summed E-state index contributed by atoms with van der Waals surface area (Å²) in [6.07, 6.45) is 1.78. The number of nitro groups is 1. The average molecular weight is 394 g/mol. The van der Waals surface area contributed by atoms with Crippen molar-refractivity contribution in [3.8, 4) is 0 Å². The Labute approximate surface area is 162 Å². The van der Waals surface area contributed by atoms with Crippen LogP contribution in [0.25, 0.3) is 0 Å². The fraction of sp³-hybridized carbons (Fsp3) is 0.278. The predicted octanol–water partition coefficient (Wildman–Crippen LogP) is 4.06. The summed E-state index contributed by atoms with van der Waals surface area (Å²) in [7, 11) is 0.